The lowest BCUT2D eigenvalue weighted by molar-refractivity contribution is 0.328. The van der Waals surface area contributed by atoms with Crippen molar-refractivity contribution < 1.29 is 0 Å². The van der Waals surface area contributed by atoms with Gasteiger partial charge >= 0.3 is 0 Å². The molecule has 2 aliphatic rings. The third kappa shape index (κ3) is 3.23. The van der Waals surface area contributed by atoms with Crippen molar-refractivity contribution in [2.24, 2.45) is 5.92 Å². The molecule has 0 atom stereocenters. The molecule has 0 amide bonds. The summed E-state index contributed by atoms with van der Waals surface area (Å²) in [6.45, 7) is 2.40. The molecule has 0 N–H and O–H groups in total. The van der Waals surface area contributed by atoms with Gasteiger partial charge in [0.25, 0.3) is 5.56 Å². The number of hydrogen-bond acceptors (Lipinski definition) is 6. The number of aromatic nitrogens is 4. The number of anilines is 2. The molecule has 0 saturated carbocycles. The first kappa shape index (κ1) is 16.1. The molecule has 7 heteroatoms. The van der Waals surface area contributed by atoms with E-state index in [-0.39, 0.29) is 5.56 Å². The Bertz CT molecular complexity index is 825. The minimum atomic E-state index is 0.0324. The van der Waals surface area contributed by atoms with Crippen LogP contribution >= 0.6 is 0 Å². The lowest BCUT2D eigenvalue weighted by Crippen LogP contribution is -2.50. The molecular weight excluding hydrogens is 316 g/mol. The third-order valence-corrected chi connectivity index (χ3v) is 5.03. The van der Waals surface area contributed by atoms with Gasteiger partial charge in [0.05, 0.1) is 12.2 Å². The highest BCUT2D eigenvalue weighted by Crippen LogP contribution is 2.24. The Balaban J connectivity index is 1.42. The maximum atomic E-state index is 12.3. The Kier molecular flexibility index (Phi) is 4.15. The smallest absolute Gasteiger partial charge is 0.267 e. The van der Waals surface area contributed by atoms with Crippen LogP contribution in [0.25, 0.3) is 0 Å². The molecule has 7 nitrogen and oxygen atoms in total. The fraction of sp³-hybridized carbons (Fsp3) is 0.556. The van der Waals surface area contributed by atoms with Crippen LogP contribution in [-0.4, -0.2) is 46.9 Å². The van der Waals surface area contributed by atoms with E-state index in [1.807, 2.05) is 25.1 Å². The van der Waals surface area contributed by atoms with Gasteiger partial charge in [-0.15, -0.1) is 0 Å². The molecule has 25 heavy (non-hydrogen) atoms. The second kappa shape index (κ2) is 6.46. The molecular formula is C18H24N6O. The van der Waals surface area contributed by atoms with Crippen LogP contribution in [0.3, 0.4) is 0 Å². The van der Waals surface area contributed by atoms with E-state index in [0.717, 1.165) is 49.0 Å². The van der Waals surface area contributed by atoms with Crippen molar-refractivity contribution >= 4 is 11.8 Å². The summed E-state index contributed by atoms with van der Waals surface area (Å²) in [4.78, 5) is 25.4. The van der Waals surface area contributed by atoms with Gasteiger partial charge in [-0.1, -0.05) is 0 Å². The van der Waals surface area contributed by atoms with Crippen molar-refractivity contribution in [2.45, 2.75) is 32.2 Å². The van der Waals surface area contributed by atoms with Crippen LogP contribution in [0.4, 0.5) is 11.8 Å². The molecule has 0 spiro atoms. The lowest BCUT2D eigenvalue weighted by Gasteiger charge is -2.39. The van der Waals surface area contributed by atoms with Crippen LogP contribution in [0.5, 0.6) is 0 Å². The quantitative estimate of drug-likeness (QED) is 0.831. The predicted octanol–water partition coefficient (Wildman–Crippen LogP) is 1.11. The monoisotopic (exact) mass is 340 g/mol. The van der Waals surface area contributed by atoms with Crippen LogP contribution < -0.4 is 15.4 Å². The van der Waals surface area contributed by atoms with Gasteiger partial charge in [-0.05, 0) is 37.3 Å². The van der Waals surface area contributed by atoms with Gasteiger partial charge in [0.1, 0.15) is 5.82 Å². The maximum absolute atomic E-state index is 12.3. The largest absolute Gasteiger partial charge is 0.363 e. The second-order valence-corrected chi connectivity index (χ2v) is 7.22. The average molecular weight is 340 g/mol. The first-order valence-electron chi connectivity index (χ1n) is 8.95. The van der Waals surface area contributed by atoms with Crippen LogP contribution in [0.15, 0.2) is 23.1 Å². The zero-order chi connectivity index (χ0) is 17.4. The standard InChI is InChI=1S/C18H24N6O/c1-22(2)16-7-8-19-18(20-16)23-10-13(11-23)12-24-17(25)9-14-5-3-4-6-15(14)21-24/h7-9,13H,3-6,10-12H2,1-2H3. The van der Waals surface area contributed by atoms with E-state index in [1.54, 1.807) is 16.9 Å². The summed E-state index contributed by atoms with van der Waals surface area (Å²) in [5, 5.41) is 4.62. The van der Waals surface area contributed by atoms with E-state index < -0.39 is 0 Å². The third-order valence-electron chi connectivity index (χ3n) is 5.03. The van der Waals surface area contributed by atoms with Crippen molar-refractivity contribution in [1.82, 2.24) is 19.7 Å². The van der Waals surface area contributed by atoms with E-state index in [4.69, 9.17) is 0 Å². The van der Waals surface area contributed by atoms with Crippen molar-refractivity contribution in [3.63, 3.8) is 0 Å². The Morgan fingerprint density at radius 3 is 2.84 bits per heavy atom. The Hall–Kier alpha value is -2.44. The van der Waals surface area contributed by atoms with Crippen molar-refractivity contribution in [2.75, 3.05) is 37.0 Å². The molecule has 132 valence electrons. The molecule has 3 heterocycles. The molecule has 0 aromatic carbocycles. The normalized spacial score (nSPS) is 17.1. The van der Waals surface area contributed by atoms with E-state index in [0.29, 0.717) is 12.5 Å². The molecule has 0 unspecified atom stereocenters. The van der Waals surface area contributed by atoms with Gasteiger partial charge in [0, 0.05) is 45.4 Å². The van der Waals surface area contributed by atoms with Gasteiger partial charge in [-0.3, -0.25) is 4.79 Å². The van der Waals surface area contributed by atoms with Crippen molar-refractivity contribution in [3.05, 3.63) is 39.9 Å². The number of rotatable bonds is 4. The summed E-state index contributed by atoms with van der Waals surface area (Å²) in [7, 11) is 3.94. The van der Waals surface area contributed by atoms with Gasteiger partial charge in [0.15, 0.2) is 0 Å². The van der Waals surface area contributed by atoms with E-state index in [9.17, 15) is 4.79 Å². The molecule has 4 rings (SSSR count). The fourth-order valence-electron chi connectivity index (χ4n) is 3.57. The molecule has 0 radical (unpaired) electrons. The van der Waals surface area contributed by atoms with Gasteiger partial charge in [-0.25, -0.2) is 9.67 Å². The van der Waals surface area contributed by atoms with Crippen LogP contribution in [-0.2, 0) is 19.4 Å². The molecule has 1 fully saturated rings. The molecule has 1 aliphatic carbocycles. The second-order valence-electron chi connectivity index (χ2n) is 7.22. The van der Waals surface area contributed by atoms with Gasteiger partial charge < -0.3 is 9.80 Å². The Labute approximate surface area is 147 Å². The van der Waals surface area contributed by atoms with Crippen LogP contribution in [0.2, 0.25) is 0 Å². The first-order valence-corrected chi connectivity index (χ1v) is 8.95. The summed E-state index contributed by atoms with van der Waals surface area (Å²) in [6.07, 6.45) is 6.13. The summed E-state index contributed by atoms with van der Waals surface area (Å²) in [5.74, 6) is 2.08. The molecule has 1 aliphatic heterocycles. The highest BCUT2D eigenvalue weighted by molar-refractivity contribution is 5.43. The lowest BCUT2D eigenvalue weighted by atomic mass is 9.97. The summed E-state index contributed by atoms with van der Waals surface area (Å²) in [6, 6.07) is 3.69. The van der Waals surface area contributed by atoms with Gasteiger partial charge in [0.2, 0.25) is 5.95 Å². The number of nitrogens with zero attached hydrogens (tertiary/aromatic N) is 6. The highest BCUT2D eigenvalue weighted by atomic mass is 16.1. The average Bonchev–Trinajstić information content (AvgIpc) is 2.58. The first-order chi connectivity index (χ1) is 12.1. The summed E-state index contributed by atoms with van der Waals surface area (Å²) < 4.78 is 1.66. The fourth-order valence-corrected chi connectivity index (χ4v) is 3.57. The van der Waals surface area contributed by atoms with Gasteiger partial charge in [-0.2, -0.15) is 10.1 Å². The Morgan fingerprint density at radius 2 is 2.04 bits per heavy atom. The minimum Gasteiger partial charge on any atom is -0.363 e. The van der Waals surface area contributed by atoms with Crippen molar-refractivity contribution in [3.8, 4) is 0 Å². The van der Waals surface area contributed by atoms with Crippen LogP contribution in [0, 0.1) is 5.92 Å². The predicted molar refractivity (Wildman–Crippen MR) is 97.2 cm³/mol. The number of fused-ring (bicyclic) bond motifs is 1. The molecule has 1 saturated heterocycles. The maximum Gasteiger partial charge on any atom is 0.267 e. The number of hydrogen-bond donors (Lipinski definition) is 0. The minimum absolute atomic E-state index is 0.0324. The van der Waals surface area contributed by atoms with E-state index in [1.165, 1.54) is 12.8 Å². The SMILES string of the molecule is CN(C)c1ccnc(N2CC(Cn3nc4c(cc3=O)CCCC4)C2)n1. The highest BCUT2D eigenvalue weighted by Gasteiger charge is 2.30. The zero-order valence-electron chi connectivity index (χ0n) is 14.9. The molecule has 0 bridgehead atoms. The van der Waals surface area contributed by atoms with Crippen molar-refractivity contribution in [1.29, 1.82) is 0 Å². The van der Waals surface area contributed by atoms with E-state index in [2.05, 4.69) is 20.0 Å². The Morgan fingerprint density at radius 1 is 1.24 bits per heavy atom. The molecule has 2 aromatic rings. The molecule has 2 aromatic heterocycles. The number of aryl methyl sites for hydroxylation is 2. The van der Waals surface area contributed by atoms with E-state index >= 15 is 0 Å². The summed E-state index contributed by atoms with van der Waals surface area (Å²) >= 11 is 0. The van der Waals surface area contributed by atoms with Crippen LogP contribution in [0.1, 0.15) is 24.1 Å². The summed E-state index contributed by atoms with van der Waals surface area (Å²) in [5.41, 5.74) is 2.30. The topological polar surface area (TPSA) is 67.2 Å². The zero-order valence-corrected chi connectivity index (χ0v) is 14.9.